The Bertz CT molecular complexity index is 7030. The van der Waals surface area contributed by atoms with E-state index < -0.39 is 0 Å². The lowest BCUT2D eigenvalue weighted by Gasteiger charge is -2.13. The zero-order valence-corrected chi connectivity index (χ0v) is 66.7. The Morgan fingerprint density at radius 2 is 0.444 bits per heavy atom. The number of hydrogen-bond acceptors (Lipinski definition) is 15. The second-order valence-corrected chi connectivity index (χ2v) is 29.6. The summed E-state index contributed by atoms with van der Waals surface area (Å²) in [5.41, 5.74) is 20.3. The molecule has 0 unspecified atom stereocenters. The number of aromatic nitrogens is 15. The highest BCUT2D eigenvalue weighted by Crippen LogP contribution is 2.40. The molecule has 0 aliphatic carbocycles. The maximum absolute atomic E-state index is 5.14. The molecule has 582 valence electrons. The highest BCUT2D eigenvalue weighted by molar-refractivity contribution is 5.98. The lowest BCUT2D eigenvalue weighted by molar-refractivity contribution is 1.07. The van der Waals surface area contributed by atoms with Crippen LogP contribution in [0.15, 0.2) is 432 Å². The fourth-order valence-electron chi connectivity index (χ4n) is 15.4. The van der Waals surface area contributed by atoms with E-state index in [1.807, 2.05) is 164 Å². The standard InChI is InChI=1S/2C39H25N5.C31H21N5/c1-3-9-28-19-30(15-13-26(28)7-1)37-42-38(31-16-14-27-8-2-4-10-29(27)20-31)44-39(43-37)36-22-34(32-11-5-17-40-24-32)21-35(23-36)33-12-6-18-41-25-33;1-3-13-32-27(9-1)11-7-15-34(32)38-42-37(43-39(44-38)35-16-8-12-28-10-2-4-14-33(28)35)31-24-29(26-18-21-40-22-19-26)23-30(25-31)36-17-5-6-20-41-36;1-3-9-23(10-4-1)29-34-30(24-11-5-2-6-12-24)36-31(35-29)27-20-25(22-14-17-32-18-15-22)19-26(21-27)28-13-7-8-16-33-28/h2*1-25H;1-21H. The van der Waals surface area contributed by atoms with Gasteiger partial charge >= 0.3 is 0 Å². The molecule has 0 aliphatic heterocycles. The molecule has 9 aromatic heterocycles. The Labute approximate surface area is 714 Å². The molecule has 0 saturated carbocycles. The average molecular weight is 1590 g/mol. The van der Waals surface area contributed by atoms with Crippen LogP contribution in [0.25, 0.3) is 213 Å². The molecule has 0 radical (unpaired) electrons. The van der Waals surface area contributed by atoms with Gasteiger partial charge < -0.3 is 0 Å². The zero-order valence-electron chi connectivity index (χ0n) is 66.7. The molecule has 0 fully saturated rings. The van der Waals surface area contributed by atoms with Gasteiger partial charge in [-0.25, -0.2) is 44.9 Å². The molecule has 15 nitrogen and oxygen atoms in total. The second-order valence-electron chi connectivity index (χ2n) is 29.6. The molecular formula is C109H71N15. The van der Waals surface area contributed by atoms with Crippen LogP contribution in [0.3, 0.4) is 0 Å². The summed E-state index contributed by atoms with van der Waals surface area (Å²) in [5, 5.41) is 9.07. The maximum Gasteiger partial charge on any atom is 0.164 e. The Morgan fingerprint density at radius 1 is 0.137 bits per heavy atom. The molecule has 0 aliphatic rings. The first kappa shape index (κ1) is 75.6. The van der Waals surface area contributed by atoms with E-state index in [2.05, 4.69) is 266 Å². The minimum Gasteiger partial charge on any atom is -0.265 e. The molecule has 9 heterocycles. The predicted octanol–water partition coefficient (Wildman–Crippen LogP) is 25.6. The first-order chi connectivity index (χ1) is 61.4. The van der Waals surface area contributed by atoms with E-state index in [0.717, 1.165) is 149 Å². The normalized spacial score (nSPS) is 11.1. The fraction of sp³-hybridized carbons (Fsp3) is 0. The lowest BCUT2D eigenvalue weighted by atomic mass is 9.97. The largest absolute Gasteiger partial charge is 0.265 e. The molecule has 13 aromatic carbocycles. The lowest BCUT2D eigenvalue weighted by Crippen LogP contribution is -2.01. The Kier molecular flexibility index (Phi) is 21.2. The summed E-state index contributed by atoms with van der Waals surface area (Å²) in [5.74, 6) is 5.57. The zero-order chi connectivity index (χ0) is 82.8. The van der Waals surface area contributed by atoms with E-state index in [0.29, 0.717) is 52.4 Å². The van der Waals surface area contributed by atoms with Crippen LogP contribution in [0.4, 0.5) is 0 Å². The van der Waals surface area contributed by atoms with E-state index in [-0.39, 0.29) is 0 Å². The van der Waals surface area contributed by atoms with Crippen molar-refractivity contribution >= 4 is 43.1 Å². The third kappa shape index (κ3) is 16.6. The van der Waals surface area contributed by atoms with Crippen LogP contribution in [-0.2, 0) is 0 Å². The van der Waals surface area contributed by atoms with Crippen molar-refractivity contribution in [3.05, 3.63) is 432 Å². The van der Waals surface area contributed by atoms with Gasteiger partial charge in [-0.15, -0.1) is 0 Å². The smallest absolute Gasteiger partial charge is 0.164 e. The average Bonchev–Trinajstić information content (AvgIpc) is 0.773. The van der Waals surface area contributed by atoms with Gasteiger partial charge in [0.15, 0.2) is 52.4 Å². The minimum atomic E-state index is 0.596. The molecule has 0 bridgehead atoms. The minimum absolute atomic E-state index is 0.596. The van der Waals surface area contributed by atoms with Gasteiger partial charge in [-0.3, -0.25) is 29.9 Å². The number of rotatable bonds is 15. The van der Waals surface area contributed by atoms with Crippen LogP contribution in [0.1, 0.15) is 0 Å². The molecule has 0 saturated heterocycles. The molecule has 0 amide bonds. The summed E-state index contributed by atoms with van der Waals surface area (Å²) in [4.78, 5) is 71.6. The Balaban J connectivity index is 0.000000119. The molecule has 0 N–H and O–H groups in total. The van der Waals surface area contributed by atoms with Gasteiger partial charge in [0.25, 0.3) is 0 Å². The fourth-order valence-corrected chi connectivity index (χ4v) is 15.4. The van der Waals surface area contributed by atoms with Crippen LogP contribution >= 0.6 is 0 Å². The van der Waals surface area contributed by atoms with Gasteiger partial charge in [0.05, 0.1) is 11.4 Å². The Hall–Kier alpha value is -17.2. The summed E-state index contributed by atoms with van der Waals surface area (Å²) in [6.07, 6.45) is 18.2. The van der Waals surface area contributed by atoms with Crippen LogP contribution in [-0.4, -0.2) is 74.8 Å². The molecular weight excluding hydrogens is 1520 g/mol. The van der Waals surface area contributed by atoms with Gasteiger partial charge in [0.2, 0.25) is 0 Å². The van der Waals surface area contributed by atoms with E-state index in [1.165, 1.54) is 10.8 Å². The van der Waals surface area contributed by atoms with Crippen LogP contribution in [0.5, 0.6) is 0 Å². The van der Waals surface area contributed by atoms with Gasteiger partial charge in [-0.1, -0.05) is 243 Å². The van der Waals surface area contributed by atoms with E-state index >= 15 is 0 Å². The summed E-state index contributed by atoms with van der Waals surface area (Å²) in [6, 6.07) is 126. The van der Waals surface area contributed by atoms with Gasteiger partial charge in [0, 0.05) is 134 Å². The quantitative estimate of drug-likeness (QED) is 0.0940. The van der Waals surface area contributed by atoms with Crippen molar-refractivity contribution in [2.24, 2.45) is 0 Å². The highest BCUT2D eigenvalue weighted by Gasteiger charge is 2.22. The molecule has 15 heteroatoms. The third-order valence-corrected chi connectivity index (χ3v) is 21.6. The monoisotopic (exact) mass is 1590 g/mol. The van der Waals surface area contributed by atoms with Gasteiger partial charge in [-0.2, -0.15) is 0 Å². The van der Waals surface area contributed by atoms with Crippen molar-refractivity contribution < 1.29 is 0 Å². The molecule has 0 atom stereocenters. The van der Waals surface area contributed by atoms with Gasteiger partial charge in [0.1, 0.15) is 0 Å². The summed E-state index contributed by atoms with van der Waals surface area (Å²) < 4.78 is 0. The first-order valence-electron chi connectivity index (χ1n) is 40.6. The molecule has 0 spiro atoms. The maximum atomic E-state index is 5.14. The molecule has 124 heavy (non-hydrogen) atoms. The summed E-state index contributed by atoms with van der Waals surface area (Å²) in [7, 11) is 0. The van der Waals surface area contributed by atoms with Crippen molar-refractivity contribution in [1.29, 1.82) is 0 Å². The summed E-state index contributed by atoms with van der Waals surface area (Å²) >= 11 is 0. The predicted molar refractivity (Wildman–Crippen MR) is 498 cm³/mol. The van der Waals surface area contributed by atoms with Gasteiger partial charge in [-0.05, 0) is 204 Å². The summed E-state index contributed by atoms with van der Waals surface area (Å²) in [6.45, 7) is 0. The molecule has 22 rings (SSSR count). The van der Waals surface area contributed by atoms with Crippen LogP contribution in [0, 0.1) is 0 Å². The number of benzene rings is 13. The van der Waals surface area contributed by atoms with E-state index in [1.54, 1.807) is 31.0 Å². The third-order valence-electron chi connectivity index (χ3n) is 21.6. The van der Waals surface area contributed by atoms with Crippen LogP contribution < -0.4 is 0 Å². The van der Waals surface area contributed by atoms with Crippen molar-refractivity contribution in [3.8, 4) is 170 Å². The Morgan fingerprint density at radius 3 is 0.839 bits per heavy atom. The number of pyridine rings is 6. The highest BCUT2D eigenvalue weighted by atomic mass is 15.1. The number of fused-ring (bicyclic) bond motifs is 4. The second kappa shape index (κ2) is 34.8. The molecule has 22 aromatic rings. The van der Waals surface area contributed by atoms with Crippen molar-refractivity contribution in [3.63, 3.8) is 0 Å². The van der Waals surface area contributed by atoms with Crippen molar-refractivity contribution in [2.45, 2.75) is 0 Å². The van der Waals surface area contributed by atoms with Crippen LogP contribution in [0.2, 0.25) is 0 Å². The topological polar surface area (TPSA) is 193 Å². The first-order valence-corrected chi connectivity index (χ1v) is 40.6. The number of hydrogen-bond donors (Lipinski definition) is 0. The SMILES string of the molecule is c1ccc(-c2cc(-c3ccncc3)cc(-c3nc(-c4cccc5ccccc45)nc(-c4cccc5ccccc45)n3)c2)nc1.c1ccc(-c2nc(-c3ccccc3)nc(-c3cc(-c4ccncc4)cc(-c4ccccn4)c3)n2)cc1.c1cncc(-c2cc(-c3cccnc3)cc(-c3nc(-c4ccc5ccccc5c4)nc(-c4ccc5ccccc5c4)n3)c2)c1. The van der Waals surface area contributed by atoms with Crippen molar-refractivity contribution in [2.75, 3.05) is 0 Å². The van der Waals surface area contributed by atoms with E-state index in [9.17, 15) is 0 Å². The van der Waals surface area contributed by atoms with E-state index in [4.69, 9.17) is 44.9 Å². The number of nitrogens with zero attached hydrogens (tertiary/aromatic N) is 15. The van der Waals surface area contributed by atoms with Crippen molar-refractivity contribution in [1.82, 2.24) is 74.8 Å².